The highest BCUT2D eigenvalue weighted by molar-refractivity contribution is 6.31. The van der Waals surface area contributed by atoms with E-state index < -0.39 is 23.8 Å². The monoisotopic (exact) mass is 513 g/mol. The normalized spacial score (nSPS) is 17.3. The predicted molar refractivity (Wildman–Crippen MR) is 134 cm³/mol. The molecule has 0 bridgehead atoms. The molecule has 36 heavy (non-hydrogen) atoms. The van der Waals surface area contributed by atoms with Crippen molar-refractivity contribution < 1.29 is 28.6 Å². The molecule has 3 rings (SSSR count). The largest absolute Gasteiger partial charge is 0.468 e. The molecule has 1 aliphatic heterocycles. The molecule has 0 radical (unpaired) electrons. The predicted octanol–water partition coefficient (Wildman–Crippen LogP) is 3.35. The number of esters is 2. The van der Waals surface area contributed by atoms with Gasteiger partial charge >= 0.3 is 11.9 Å². The van der Waals surface area contributed by atoms with Crippen LogP contribution < -0.4 is 5.32 Å². The minimum absolute atomic E-state index is 0.0386. The average Bonchev–Trinajstić information content (AvgIpc) is 2.88. The summed E-state index contributed by atoms with van der Waals surface area (Å²) in [4.78, 5) is 46.6. The number of carbonyl (C=O) groups is 3. The summed E-state index contributed by atoms with van der Waals surface area (Å²) in [6.45, 7) is 3.88. The van der Waals surface area contributed by atoms with E-state index in [-0.39, 0.29) is 37.8 Å². The van der Waals surface area contributed by atoms with Gasteiger partial charge in [-0.1, -0.05) is 29.8 Å². The molecule has 10 heteroatoms. The number of hydrogen-bond donors (Lipinski definition) is 1. The second-order valence-corrected chi connectivity index (χ2v) is 8.29. The number of methoxy groups -OCH3 is 1. The summed E-state index contributed by atoms with van der Waals surface area (Å²) in [5.41, 5.74) is 1.99. The molecule has 1 amide bonds. The maximum atomic E-state index is 13.1. The summed E-state index contributed by atoms with van der Waals surface area (Å²) in [7, 11) is 1.28. The Labute approximate surface area is 214 Å². The minimum atomic E-state index is -0.864. The van der Waals surface area contributed by atoms with Crippen molar-refractivity contribution in [2.45, 2.75) is 19.8 Å². The maximum absolute atomic E-state index is 13.1. The van der Waals surface area contributed by atoms with Crippen LogP contribution in [0.4, 0.5) is 0 Å². The zero-order chi connectivity index (χ0) is 26.1. The summed E-state index contributed by atoms with van der Waals surface area (Å²) in [6.07, 6.45) is 3.06. The summed E-state index contributed by atoms with van der Waals surface area (Å²) in [5.74, 6) is -3.06. The lowest BCUT2D eigenvalue weighted by Crippen LogP contribution is -2.37. The first-order chi connectivity index (χ1) is 17.4. The molecule has 2 atom stereocenters. The number of amides is 1. The van der Waals surface area contributed by atoms with Crippen molar-refractivity contribution in [2.75, 3.05) is 33.5 Å². The van der Waals surface area contributed by atoms with Gasteiger partial charge in [-0.05, 0) is 37.6 Å². The Bertz CT molecular complexity index is 1170. The van der Waals surface area contributed by atoms with Gasteiger partial charge in [0.15, 0.2) is 0 Å². The number of benzene rings is 1. The number of pyridine rings is 1. The number of ether oxygens (including phenoxy) is 3. The Morgan fingerprint density at radius 3 is 2.58 bits per heavy atom. The quantitative estimate of drug-likeness (QED) is 0.382. The number of nitrogens with one attached hydrogen (secondary N) is 1. The molecule has 2 unspecified atom stereocenters. The van der Waals surface area contributed by atoms with E-state index in [1.165, 1.54) is 13.3 Å². The van der Waals surface area contributed by atoms with Crippen molar-refractivity contribution in [2.24, 2.45) is 10.9 Å². The van der Waals surface area contributed by atoms with Crippen molar-refractivity contribution in [3.05, 3.63) is 76.2 Å². The molecule has 0 spiro atoms. The van der Waals surface area contributed by atoms with Gasteiger partial charge in [-0.2, -0.15) is 0 Å². The van der Waals surface area contributed by atoms with E-state index in [0.29, 0.717) is 27.6 Å². The van der Waals surface area contributed by atoms with Gasteiger partial charge < -0.3 is 19.5 Å². The molecular formula is C26H28ClN3O6. The highest BCUT2D eigenvalue weighted by Crippen LogP contribution is 2.42. The van der Waals surface area contributed by atoms with Gasteiger partial charge in [-0.3, -0.25) is 19.6 Å². The second kappa shape index (κ2) is 12.9. The van der Waals surface area contributed by atoms with Crippen molar-refractivity contribution in [3.63, 3.8) is 0 Å². The Morgan fingerprint density at radius 2 is 1.92 bits per heavy atom. The molecule has 0 saturated carbocycles. The van der Waals surface area contributed by atoms with Gasteiger partial charge in [0.2, 0.25) is 0 Å². The van der Waals surface area contributed by atoms with Crippen LogP contribution >= 0.6 is 11.6 Å². The Hall–Kier alpha value is -3.56. The zero-order valence-corrected chi connectivity index (χ0v) is 21.1. The molecule has 1 aromatic heterocycles. The first-order valence-electron chi connectivity index (χ1n) is 11.4. The molecule has 9 nitrogen and oxygen atoms in total. The van der Waals surface area contributed by atoms with Crippen molar-refractivity contribution in [1.82, 2.24) is 10.3 Å². The van der Waals surface area contributed by atoms with Crippen LogP contribution in [0.2, 0.25) is 5.02 Å². The number of aromatic nitrogens is 1. The second-order valence-electron chi connectivity index (χ2n) is 7.88. The molecule has 1 N–H and O–H groups in total. The Morgan fingerprint density at radius 1 is 1.14 bits per heavy atom. The molecule has 1 aromatic carbocycles. The van der Waals surface area contributed by atoms with Crippen LogP contribution in [-0.4, -0.2) is 62.0 Å². The number of carbonyl (C=O) groups excluding carboxylic acids is 3. The molecule has 0 fully saturated rings. The van der Waals surface area contributed by atoms with Gasteiger partial charge in [-0.25, -0.2) is 4.79 Å². The Kier molecular flexibility index (Phi) is 9.72. The molecule has 0 aliphatic carbocycles. The fraction of sp³-hybridized carbons (Fsp3) is 0.346. The van der Waals surface area contributed by atoms with Crippen LogP contribution in [0, 0.1) is 5.92 Å². The van der Waals surface area contributed by atoms with Crippen molar-refractivity contribution >= 4 is 35.2 Å². The molecular weight excluding hydrogens is 486 g/mol. The fourth-order valence-corrected chi connectivity index (χ4v) is 4.25. The third-order valence-electron chi connectivity index (χ3n) is 5.60. The fourth-order valence-electron chi connectivity index (χ4n) is 3.99. The van der Waals surface area contributed by atoms with Crippen molar-refractivity contribution in [3.8, 4) is 0 Å². The van der Waals surface area contributed by atoms with Crippen LogP contribution in [0.3, 0.4) is 0 Å². The number of nitrogens with zero attached hydrogens (tertiary/aromatic N) is 2. The zero-order valence-electron chi connectivity index (χ0n) is 20.3. The standard InChI is InChI=1S/C26H28ClN3O6/c1-4-36-26(33)23-20(15-35-13-12-29-24(31)17-8-7-11-28-14-17)30-16(2)21(25(32)34-3)22(23)18-9-5-6-10-19(18)27/h5-11,14,21-22H,4,12-13,15H2,1-3H3,(H,29,31). The van der Waals surface area contributed by atoms with E-state index in [1.54, 1.807) is 56.4 Å². The molecule has 2 aromatic rings. The van der Waals surface area contributed by atoms with E-state index in [9.17, 15) is 14.4 Å². The molecule has 1 aliphatic rings. The maximum Gasteiger partial charge on any atom is 0.336 e. The van der Waals surface area contributed by atoms with E-state index in [0.717, 1.165) is 0 Å². The van der Waals surface area contributed by atoms with Crippen LogP contribution in [0.25, 0.3) is 0 Å². The summed E-state index contributed by atoms with van der Waals surface area (Å²) in [6, 6.07) is 10.3. The van der Waals surface area contributed by atoms with E-state index in [4.69, 9.17) is 25.8 Å². The highest BCUT2D eigenvalue weighted by atomic mass is 35.5. The van der Waals surface area contributed by atoms with Gasteiger partial charge in [0.05, 0.1) is 43.8 Å². The lowest BCUT2D eigenvalue weighted by atomic mass is 9.75. The number of rotatable bonds is 10. The SMILES string of the molecule is CCOC(=O)C1=C(COCCNC(=O)c2cccnc2)N=C(C)C(C(=O)OC)C1c1ccccc1Cl. The van der Waals surface area contributed by atoms with Gasteiger partial charge in [0.25, 0.3) is 5.91 Å². The van der Waals surface area contributed by atoms with Crippen LogP contribution in [0.5, 0.6) is 0 Å². The lowest BCUT2D eigenvalue weighted by Gasteiger charge is -2.32. The molecule has 2 heterocycles. The van der Waals surface area contributed by atoms with Crippen LogP contribution in [0.1, 0.15) is 35.7 Å². The van der Waals surface area contributed by atoms with Crippen molar-refractivity contribution in [1.29, 1.82) is 0 Å². The molecule has 190 valence electrons. The van der Waals surface area contributed by atoms with Gasteiger partial charge in [-0.15, -0.1) is 0 Å². The van der Waals surface area contributed by atoms with Gasteiger partial charge in [0, 0.05) is 35.6 Å². The summed E-state index contributed by atoms with van der Waals surface area (Å²) >= 11 is 6.50. The summed E-state index contributed by atoms with van der Waals surface area (Å²) < 4.78 is 16.1. The van der Waals surface area contributed by atoms with E-state index >= 15 is 0 Å². The van der Waals surface area contributed by atoms with Gasteiger partial charge in [0.1, 0.15) is 5.92 Å². The topological polar surface area (TPSA) is 116 Å². The summed E-state index contributed by atoms with van der Waals surface area (Å²) in [5, 5.41) is 3.14. The first kappa shape index (κ1) is 27.0. The third kappa shape index (κ3) is 6.35. The number of hydrogen-bond acceptors (Lipinski definition) is 8. The van der Waals surface area contributed by atoms with Crippen LogP contribution in [-0.2, 0) is 23.8 Å². The number of aliphatic imine (C=N–C) groups is 1. The average molecular weight is 514 g/mol. The Balaban J connectivity index is 1.85. The first-order valence-corrected chi connectivity index (χ1v) is 11.8. The molecule has 0 saturated heterocycles. The van der Waals surface area contributed by atoms with Crippen LogP contribution in [0.15, 0.2) is 65.1 Å². The van der Waals surface area contributed by atoms with E-state index in [2.05, 4.69) is 15.3 Å². The van der Waals surface area contributed by atoms with E-state index in [1.807, 2.05) is 0 Å². The lowest BCUT2D eigenvalue weighted by molar-refractivity contribution is -0.144. The number of halogens is 1. The highest BCUT2D eigenvalue weighted by Gasteiger charge is 2.43. The minimum Gasteiger partial charge on any atom is -0.468 e. The third-order valence-corrected chi connectivity index (χ3v) is 5.95. The smallest absolute Gasteiger partial charge is 0.336 e.